The van der Waals surface area contributed by atoms with E-state index >= 15 is 0 Å². The lowest BCUT2D eigenvalue weighted by atomic mass is 10.2. The average molecular weight is 348 g/mol. The molecule has 3 heterocycles. The summed E-state index contributed by atoms with van der Waals surface area (Å²) in [6, 6.07) is 9.04. The van der Waals surface area contributed by atoms with Crippen LogP contribution in [0.4, 0.5) is 5.69 Å². The Labute approximate surface area is 148 Å². The zero-order valence-electron chi connectivity index (χ0n) is 14.3. The van der Waals surface area contributed by atoms with E-state index in [1.54, 1.807) is 29.1 Å². The van der Waals surface area contributed by atoms with Gasteiger partial charge in [0.25, 0.3) is 5.56 Å². The van der Waals surface area contributed by atoms with Crippen molar-refractivity contribution in [2.24, 2.45) is 7.05 Å². The van der Waals surface area contributed by atoms with E-state index in [-0.39, 0.29) is 18.0 Å². The van der Waals surface area contributed by atoms with Crippen molar-refractivity contribution in [3.8, 4) is 0 Å². The van der Waals surface area contributed by atoms with E-state index in [0.717, 1.165) is 16.7 Å². The van der Waals surface area contributed by atoms with Gasteiger partial charge in [0.05, 0.1) is 34.8 Å². The SMILES string of the molecule is Cc1nn(C)c2ncc(NC(=O)Cn3c(=O)cnc4ccccc43)cc12. The van der Waals surface area contributed by atoms with Crippen LogP contribution < -0.4 is 10.9 Å². The molecular formula is C18H16N6O2. The van der Waals surface area contributed by atoms with Crippen LogP contribution in [-0.2, 0) is 18.4 Å². The fraction of sp³-hybridized carbons (Fsp3) is 0.167. The molecule has 0 atom stereocenters. The highest BCUT2D eigenvalue weighted by Gasteiger charge is 2.11. The van der Waals surface area contributed by atoms with Crippen LogP contribution >= 0.6 is 0 Å². The number of benzene rings is 1. The maximum Gasteiger partial charge on any atom is 0.269 e. The number of anilines is 1. The maximum atomic E-state index is 12.5. The number of pyridine rings is 1. The highest BCUT2D eigenvalue weighted by molar-refractivity contribution is 5.93. The molecule has 0 bridgehead atoms. The first-order valence-electron chi connectivity index (χ1n) is 8.07. The summed E-state index contributed by atoms with van der Waals surface area (Å²) in [5, 5.41) is 7.98. The highest BCUT2D eigenvalue weighted by atomic mass is 16.2. The van der Waals surface area contributed by atoms with Gasteiger partial charge < -0.3 is 5.32 Å². The molecule has 8 heteroatoms. The number of carbonyl (C=O) groups excluding carboxylic acids is 1. The van der Waals surface area contributed by atoms with Gasteiger partial charge in [0.15, 0.2) is 5.65 Å². The fourth-order valence-corrected chi connectivity index (χ4v) is 3.00. The number of para-hydroxylation sites is 2. The van der Waals surface area contributed by atoms with Gasteiger partial charge in [0, 0.05) is 12.4 Å². The summed E-state index contributed by atoms with van der Waals surface area (Å²) in [6.07, 6.45) is 2.80. The molecule has 1 N–H and O–H groups in total. The van der Waals surface area contributed by atoms with Gasteiger partial charge in [-0.2, -0.15) is 5.10 Å². The van der Waals surface area contributed by atoms with Gasteiger partial charge in [0.1, 0.15) is 6.54 Å². The molecule has 26 heavy (non-hydrogen) atoms. The predicted octanol–water partition coefficient (Wildman–Crippen LogP) is 1.63. The normalized spacial score (nSPS) is 11.2. The minimum Gasteiger partial charge on any atom is -0.323 e. The molecule has 1 amide bonds. The molecule has 0 saturated heterocycles. The summed E-state index contributed by atoms with van der Waals surface area (Å²) in [5.74, 6) is -0.314. The van der Waals surface area contributed by atoms with Crippen LogP contribution in [-0.4, -0.2) is 30.2 Å². The average Bonchev–Trinajstić information content (AvgIpc) is 2.91. The number of aromatic nitrogens is 5. The number of rotatable bonds is 3. The van der Waals surface area contributed by atoms with Gasteiger partial charge in [-0.15, -0.1) is 0 Å². The number of nitrogens with one attached hydrogen (secondary N) is 1. The quantitative estimate of drug-likeness (QED) is 0.607. The first kappa shape index (κ1) is 15.9. The molecule has 130 valence electrons. The summed E-state index contributed by atoms with van der Waals surface area (Å²) in [5.41, 5.74) is 3.10. The van der Waals surface area contributed by atoms with E-state index in [2.05, 4.69) is 20.4 Å². The van der Waals surface area contributed by atoms with Gasteiger partial charge in [0.2, 0.25) is 5.91 Å². The van der Waals surface area contributed by atoms with Crippen molar-refractivity contribution in [3.63, 3.8) is 0 Å². The second-order valence-electron chi connectivity index (χ2n) is 6.02. The third kappa shape index (κ3) is 2.71. The first-order chi connectivity index (χ1) is 12.5. The minimum absolute atomic E-state index is 0.105. The number of carbonyl (C=O) groups is 1. The topological polar surface area (TPSA) is 94.7 Å². The molecule has 8 nitrogen and oxygen atoms in total. The molecule has 0 saturated carbocycles. The number of hydrogen-bond acceptors (Lipinski definition) is 5. The molecule has 4 rings (SSSR count). The van der Waals surface area contributed by atoms with Gasteiger partial charge in [-0.05, 0) is 25.1 Å². The lowest BCUT2D eigenvalue weighted by Gasteiger charge is -2.10. The van der Waals surface area contributed by atoms with Crippen molar-refractivity contribution in [3.05, 3.63) is 58.8 Å². The van der Waals surface area contributed by atoms with E-state index in [9.17, 15) is 9.59 Å². The Morgan fingerprint density at radius 2 is 2.00 bits per heavy atom. The number of nitrogens with zero attached hydrogens (tertiary/aromatic N) is 5. The fourth-order valence-electron chi connectivity index (χ4n) is 3.00. The Bertz CT molecular complexity index is 1210. The Hall–Kier alpha value is -3.55. The molecule has 0 aliphatic heterocycles. The van der Waals surface area contributed by atoms with Crippen molar-refractivity contribution in [1.82, 2.24) is 24.3 Å². The van der Waals surface area contributed by atoms with Crippen LogP contribution in [0.15, 0.2) is 47.5 Å². The summed E-state index contributed by atoms with van der Waals surface area (Å²) in [4.78, 5) is 33.0. The number of aryl methyl sites for hydroxylation is 2. The smallest absolute Gasteiger partial charge is 0.269 e. The summed E-state index contributed by atoms with van der Waals surface area (Å²) >= 11 is 0. The zero-order chi connectivity index (χ0) is 18.3. The molecule has 0 aliphatic rings. The van der Waals surface area contributed by atoms with E-state index in [1.807, 2.05) is 26.1 Å². The molecule has 0 fully saturated rings. The van der Waals surface area contributed by atoms with Crippen molar-refractivity contribution in [1.29, 1.82) is 0 Å². The Morgan fingerprint density at radius 1 is 1.19 bits per heavy atom. The Balaban J connectivity index is 1.63. The first-order valence-corrected chi connectivity index (χ1v) is 8.07. The summed E-state index contributed by atoms with van der Waals surface area (Å²) in [7, 11) is 1.82. The minimum atomic E-state index is -0.324. The van der Waals surface area contributed by atoms with Crippen molar-refractivity contribution in [2.75, 3.05) is 5.32 Å². The molecule has 4 aromatic rings. The third-order valence-corrected chi connectivity index (χ3v) is 4.20. The third-order valence-electron chi connectivity index (χ3n) is 4.20. The molecule has 0 unspecified atom stereocenters. The van der Waals surface area contributed by atoms with E-state index in [1.165, 1.54) is 10.8 Å². The second kappa shape index (κ2) is 6.07. The van der Waals surface area contributed by atoms with Gasteiger partial charge in [-0.1, -0.05) is 12.1 Å². The van der Waals surface area contributed by atoms with Crippen molar-refractivity contribution >= 4 is 33.7 Å². The van der Waals surface area contributed by atoms with E-state index in [4.69, 9.17) is 0 Å². The number of amides is 1. The van der Waals surface area contributed by atoms with Gasteiger partial charge >= 0.3 is 0 Å². The lowest BCUT2D eigenvalue weighted by Crippen LogP contribution is -2.28. The molecule has 0 radical (unpaired) electrons. The molecule has 0 spiro atoms. The van der Waals surface area contributed by atoms with E-state index < -0.39 is 0 Å². The van der Waals surface area contributed by atoms with Crippen LogP contribution in [0.3, 0.4) is 0 Å². The molecule has 0 aliphatic carbocycles. The van der Waals surface area contributed by atoms with E-state index in [0.29, 0.717) is 16.7 Å². The van der Waals surface area contributed by atoms with Gasteiger partial charge in [-0.25, -0.2) is 9.97 Å². The summed E-state index contributed by atoms with van der Waals surface area (Å²) < 4.78 is 3.10. The Kier molecular flexibility index (Phi) is 3.72. The monoisotopic (exact) mass is 348 g/mol. The van der Waals surface area contributed by atoms with Crippen LogP contribution in [0.1, 0.15) is 5.69 Å². The second-order valence-corrected chi connectivity index (χ2v) is 6.02. The van der Waals surface area contributed by atoms with Crippen molar-refractivity contribution < 1.29 is 4.79 Å². The van der Waals surface area contributed by atoms with Crippen LogP contribution in [0.25, 0.3) is 22.1 Å². The maximum absolute atomic E-state index is 12.5. The Morgan fingerprint density at radius 3 is 2.85 bits per heavy atom. The zero-order valence-corrected chi connectivity index (χ0v) is 14.3. The standard InChI is InChI=1S/C18H16N6O2/c1-11-13-7-12(8-20-18(13)23(2)22-11)21-16(25)10-24-15-6-4-3-5-14(15)19-9-17(24)26/h3-9H,10H2,1-2H3,(H,21,25). The van der Waals surface area contributed by atoms with Gasteiger partial charge in [-0.3, -0.25) is 18.8 Å². The number of hydrogen-bond donors (Lipinski definition) is 1. The summed E-state index contributed by atoms with van der Waals surface area (Å²) in [6.45, 7) is 1.78. The number of fused-ring (bicyclic) bond motifs is 2. The molecular weight excluding hydrogens is 332 g/mol. The largest absolute Gasteiger partial charge is 0.323 e. The van der Waals surface area contributed by atoms with Crippen LogP contribution in [0, 0.1) is 6.92 Å². The lowest BCUT2D eigenvalue weighted by molar-refractivity contribution is -0.116. The highest BCUT2D eigenvalue weighted by Crippen LogP contribution is 2.19. The predicted molar refractivity (Wildman–Crippen MR) is 97.9 cm³/mol. The van der Waals surface area contributed by atoms with Crippen LogP contribution in [0.2, 0.25) is 0 Å². The molecule has 1 aromatic carbocycles. The molecule has 3 aromatic heterocycles. The van der Waals surface area contributed by atoms with Crippen molar-refractivity contribution in [2.45, 2.75) is 13.5 Å². The van der Waals surface area contributed by atoms with Crippen LogP contribution in [0.5, 0.6) is 0 Å².